The zero-order valence-electron chi connectivity index (χ0n) is 22.8. The second-order valence-electron chi connectivity index (χ2n) is 10.4. The van der Waals surface area contributed by atoms with Crippen LogP contribution in [0, 0.1) is 0 Å². The minimum atomic E-state index is -3.92. The van der Waals surface area contributed by atoms with E-state index in [9.17, 15) is 21.6 Å². The SMILES string of the molecule is CC(C)(c1nnc(-c2ccc3c(c2)N(Cc2ccc(Oc4cccc(Br)c4)cc2)C(=O)[C@@H](N)CS3(=O)=O)o1)S(C)(=O)=O. The van der Waals surface area contributed by atoms with Crippen LogP contribution in [0.3, 0.4) is 0 Å². The molecule has 1 aliphatic rings. The molecule has 220 valence electrons. The molecule has 42 heavy (non-hydrogen) atoms. The Morgan fingerprint density at radius 2 is 1.79 bits per heavy atom. The number of carbonyl (C=O) groups is 1. The Bertz CT molecular complexity index is 1890. The van der Waals surface area contributed by atoms with Crippen LogP contribution in [0.4, 0.5) is 5.69 Å². The van der Waals surface area contributed by atoms with Gasteiger partial charge in [-0.15, -0.1) is 10.2 Å². The van der Waals surface area contributed by atoms with E-state index in [0.29, 0.717) is 22.6 Å². The largest absolute Gasteiger partial charge is 0.457 e. The van der Waals surface area contributed by atoms with Gasteiger partial charge in [0.2, 0.25) is 17.7 Å². The highest BCUT2D eigenvalue weighted by Gasteiger charge is 2.39. The van der Waals surface area contributed by atoms with Crippen molar-refractivity contribution >= 4 is 47.2 Å². The van der Waals surface area contributed by atoms with Gasteiger partial charge in [0.05, 0.1) is 28.9 Å². The Hall–Kier alpha value is -3.59. The van der Waals surface area contributed by atoms with Crippen molar-refractivity contribution in [3.63, 3.8) is 0 Å². The van der Waals surface area contributed by atoms with Crippen LogP contribution in [0.2, 0.25) is 0 Å². The molecule has 3 aromatic carbocycles. The molecule has 0 unspecified atom stereocenters. The van der Waals surface area contributed by atoms with E-state index >= 15 is 0 Å². The van der Waals surface area contributed by atoms with Crippen LogP contribution in [-0.2, 0) is 35.8 Å². The molecule has 0 fully saturated rings. The van der Waals surface area contributed by atoms with Crippen LogP contribution in [0.5, 0.6) is 11.5 Å². The summed E-state index contributed by atoms with van der Waals surface area (Å²) in [6.45, 7) is 2.91. The van der Waals surface area contributed by atoms with Crippen molar-refractivity contribution in [3.8, 4) is 23.0 Å². The molecule has 0 saturated carbocycles. The predicted molar refractivity (Wildman–Crippen MR) is 159 cm³/mol. The maximum Gasteiger partial charge on any atom is 0.247 e. The standard InChI is InChI=1S/C28H27BrN4O7S2/c1-28(2,41(3,35)36)27-32-31-25(40-27)18-9-12-24-23(13-18)33(26(34)22(30)16-42(24,37)38)15-17-7-10-20(11-8-17)39-21-6-4-5-19(29)14-21/h4-14,22H,15-16,30H2,1-3H3/t22-/m0/s1. The smallest absolute Gasteiger partial charge is 0.247 e. The van der Waals surface area contributed by atoms with E-state index in [-0.39, 0.29) is 28.9 Å². The summed E-state index contributed by atoms with van der Waals surface area (Å²) in [6, 6.07) is 17.4. The Labute approximate surface area is 251 Å². The van der Waals surface area contributed by atoms with Crippen molar-refractivity contribution in [2.45, 2.75) is 36.1 Å². The molecule has 11 nitrogen and oxygen atoms in total. The number of aromatic nitrogens is 2. The Kier molecular flexibility index (Phi) is 7.77. The highest BCUT2D eigenvalue weighted by Crippen LogP contribution is 2.37. The number of nitrogens with two attached hydrogens (primary N) is 1. The van der Waals surface area contributed by atoms with Gasteiger partial charge >= 0.3 is 0 Å². The first kappa shape index (κ1) is 29.9. The molecule has 0 aliphatic carbocycles. The Balaban J connectivity index is 1.50. The molecule has 1 aliphatic heterocycles. The van der Waals surface area contributed by atoms with E-state index < -0.39 is 42.1 Å². The minimum Gasteiger partial charge on any atom is -0.457 e. The van der Waals surface area contributed by atoms with Gasteiger partial charge < -0.3 is 19.8 Å². The van der Waals surface area contributed by atoms with Crippen LogP contribution in [0.25, 0.3) is 11.5 Å². The highest BCUT2D eigenvalue weighted by atomic mass is 79.9. The van der Waals surface area contributed by atoms with Crippen molar-refractivity contribution in [1.82, 2.24) is 10.2 Å². The molecule has 0 saturated heterocycles. The van der Waals surface area contributed by atoms with Gasteiger partial charge in [-0.05, 0) is 67.9 Å². The van der Waals surface area contributed by atoms with Crippen molar-refractivity contribution in [3.05, 3.63) is 82.7 Å². The number of halogens is 1. The molecular formula is C28H27BrN4O7S2. The average molecular weight is 676 g/mol. The predicted octanol–water partition coefficient (Wildman–Crippen LogP) is 4.22. The molecule has 1 amide bonds. The highest BCUT2D eigenvalue weighted by molar-refractivity contribution is 9.10. The molecule has 1 aromatic heterocycles. The van der Waals surface area contributed by atoms with E-state index in [1.807, 2.05) is 24.3 Å². The minimum absolute atomic E-state index is 0.0197. The number of hydrogen-bond acceptors (Lipinski definition) is 10. The number of carbonyl (C=O) groups excluding carboxylic acids is 1. The van der Waals surface area contributed by atoms with Crippen LogP contribution in [0.15, 0.2) is 80.5 Å². The molecular weight excluding hydrogens is 648 g/mol. The second kappa shape index (κ2) is 10.9. The third-order valence-electron chi connectivity index (χ3n) is 6.98. The van der Waals surface area contributed by atoms with Crippen molar-refractivity contribution in [2.75, 3.05) is 16.9 Å². The van der Waals surface area contributed by atoms with Crippen LogP contribution in [0.1, 0.15) is 25.3 Å². The molecule has 1 atom stereocenters. The summed E-state index contributed by atoms with van der Waals surface area (Å²) in [5.41, 5.74) is 7.15. The van der Waals surface area contributed by atoms with Gasteiger partial charge in [-0.3, -0.25) is 4.79 Å². The fourth-order valence-corrected chi connectivity index (χ4v) is 6.59. The summed E-state index contributed by atoms with van der Waals surface area (Å²) in [7, 11) is -7.52. The number of anilines is 1. The zero-order valence-corrected chi connectivity index (χ0v) is 26.0. The lowest BCUT2D eigenvalue weighted by Crippen LogP contribution is -2.45. The lowest BCUT2D eigenvalue weighted by Gasteiger charge is -2.24. The Morgan fingerprint density at radius 1 is 1.07 bits per heavy atom. The number of sulfone groups is 2. The first-order chi connectivity index (χ1) is 19.7. The molecule has 0 bridgehead atoms. The molecule has 5 rings (SSSR count). The van der Waals surface area contributed by atoms with Gasteiger partial charge in [-0.1, -0.05) is 34.1 Å². The maximum atomic E-state index is 13.4. The number of ether oxygens (including phenoxy) is 1. The summed E-state index contributed by atoms with van der Waals surface area (Å²) < 4.78 is 61.9. The molecule has 0 spiro atoms. The molecule has 4 aromatic rings. The van der Waals surface area contributed by atoms with E-state index in [1.54, 1.807) is 24.3 Å². The van der Waals surface area contributed by atoms with Gasteiger partial charge in [0.25, 0.3) is 0 Å². The van der Waals surface area contributed by atoms with Crippen LogP contribution in [-0.4, -0.2) is 51.0 Å². The van der Waals surface area contributed by atoms with Gasteiger partial charge in [-0.25, -0.2) is 16.8 Å². The fraction of sp³-hybridized carbons (Fsp3) is 0.250. The normalized spacial score (nSPS) is 17.0. The summed E-state index contributed by atoms with van der Waals surface area (Å²) in [5.74, 6) is -0.0683. The van der Waals surface area contributed by atoms with Crippen LogP contribution < -0.4 is 15.4 Å². The Morgan fingerprint density at radius 3 is 2.45 bits per heavy atom. The summed E-state index contributed by atoms with van der Waals surface area (Å²) in [5, 5.41) is 7.91. The number of rotatable bonds is 7. The number of nitrogens with zero attached hydrogens (tertiary/aromatic N) is 3. The van der Waals surface area contributed by atoms with Gasteiger partial charge in [-0.2, -0.15) is 0 Å². The first-order valence-electron chi connectivity index (χ1n) is 12.7. The van der Waals surface area contributed by atoms with Gasteiger partial charge in [0.1, 0.15) is 16.2 Å². The van der Waals surface area contributed by atoms with Crippen LogP contribution >= 0.6 is 15.9 Å². The van der Waals surface area contributed by atoms with E-state index in [1.165, 1.54) is 36.9 Å². The van der Waals surface area contributed by atoms with E-state index in [4.69, 9.17) is 14.9 Å². The summed E-state index contributed by atoms with van der Waals surface area (Å²) in [6.07, 6.45) is 1.07. The molecule has 14 heteroatoms. The molecule has 2 N–H and O–H groups in total. The van der Waals surface area contributed by atoms with Crippen molar-refractivity contribution in [1.29, 1.82) is 0 Å². The summed E-state index contributed by atoms with van der Waals surface area (Å²) in [4.78, 5) is 14.7. The average Bonchev–Trinajstić information content (AvgIpc) is 3.40. The van der Waals surface area contributed by atoms with E-state index in [2.05, 4.69) is 26.1 Å². The maximum absolute atomic E-state index is 13.4. The van der Waals surface area contributed by atoms with Gasteiger partial charge in [0, 0.05) is 16.3 Å². The third-order valence-corrected chi connectivity index (χ3v) is 11.3. The number of fused-ring (bicyclic) bond motifs is 1. The van der Waals surface area contributed by atoms with Crippen molar-refractivity contribution < 1.29 is 30.8 Å². The topological polar surface area (TPSA) is 163 Å². The number of amides is 1. The zero-order chi connectivity index (χ0) is 30.4. The lowest BCUT2D eigenvalue weighted by atomic mass is 10.1. The fourth-order valence-electron chi connectivity index (χ4n) is 4.26. The number of benzene rings is 3. The second-order valence-corrected chi connectivity index (χ2v) is 15.9. The lowest BCUT2D eigenvalue weighted by molar-refractivity contribution is -0.119. The van der Waals surface area contributed by atoms with Gasteiger partial charge in [0.15, 0.2) is 19.7 Å². The first-order valence-corrected chi connectivity index (χ1v) is 17.0. The summed E-state index contributed by atoms with van der Waals surface area (Å²) >= 11 is 3.41. The van der Waals surface area contributed by atoms with Crippen molar-refractivity contribution in [2.24, 2.45) is 5.73 Å². The third kappa shape index (κ3) is 5.84. The molecule has 2 heterocycles. The van der Waals surface area contributed by atoms with E-state index in [0.717, 1.165) is 10.7 Å². The number of hydrogen-bond donors (Lipinski definition) is 1. The molecule has 0 radical (unpaired) electrons. The quantitative estimate of drug-likeness (QED) is 0.300. The monoisotopic (exact) mass is 674 g/mol.